The predicted molar refractivity (Wildman–Crippen MR) is 132 cm³/mol. The number of ether oxygens (including phenoxy) is 3. The molecule has 8 nitrogen and oxygen atoms in total. The summed E-state index contributed by atoms with van der Waals surface area (Å²) in [6, 6.07) is 6.65. The molecule has 0 unspecified atom stereocenters. The van der Waals surface area contributed by atoms with Gasteiger partial charge in [-0.25, -0.2) is 4.79 Å². The monoisotopic (exact) mass is 501 g/mol. The van der Waals surface area contributed by atoms with Crippen LogP contribution in [-0.4, -0.2) is 48.9 Å². The molecule has 1 heterocycles. The van der Waals surface area contributed by atoms with E-state index in [9.17, 15) is 19.2 Å². The van der Waals surface area contributed by atoms with Gasteiger partial charge in [-0.2, -0.15) is 11.8 Å². The van der Waals surface area contributed by atoms with E-state index in [-0.39, 0.29) is 18.3 Å². The van der Waals surface area contributed by atoms with Crippen LogP contribution in [0.4, 0.5) is 0 Å². The van der Waals surface area contributed by atoms with E-state index in [1.807, 2.05) is 13.8 Å². The second-order valence-electron chi connectivity index (χ2n) is 8.53. The summed E-state index contributed by atoms with van der Waals surface area (Å²) in [4.78, 5) is 50.8. The summed E-state index contributed by atoms with van der Waals surface area (Å²) >= 11 is 1.66. The quantitative estimate of drug-likeness (QED) is 0.248. The normalized spacial score (nSPS) is 21.7. The van der Waals surface area contributed by atoms with Gasteiger partial charge in [-0.1, -0.05) is 26.0 Å². The van der Waals surface area contributed by atoms with Crippen molar-refractivity contribution in [1.29, 1.82) is 0 Å². The molecular formula is C26H31NO7S. The number of ketones is 1. The van der Waals surface area contributed by atoms with Crippen LogP contribution in [0.5, 0.6) is 5.75 Å². The molecule has 3 rings (SSSR count). The first kappa shape index (κ1) is 26.5. The highest BCUT2D eigenvalue weighted by Crippen LogP contribution is 2.45. The van der Waals surface area contributed by atoms with Crippen molar-refractivity contribution in [2.75, 3.05) is 25.2 Å². The zero-order chi connectivity index (χ0) is 25.7. The summed E-state index contributed by atoms with van der Waals surface area (Å²) in [5.41, 5.74) is 2.61. The summed E-state index contributed by atoms with van der Waals surface area (Å²) in [5.74, 6) is -1.97. The number of allylic oxidation sites excluding steroid dienone is 3. The Labute approximate surface area is 209 Å². The second-order valence-corrected chi connectivity index (χ2v) is 9.92. The Morgan fingerprint density at radius 1 is 1.17 bits per heavy atom. The molecule has 1 aliphatic heterocycles. The zero-order valence-corrected chi connectivity index (χ0v) is 21.5. The Morgan fingerprint density at radius 3 is 2.46 bits per heavy atom. The Bertz CT molecular complexity index is 1070. The molecule has 0 saturated heterocycles. The summed E-state index contributed by atoms with van der Waals surface area (Å²) in [5, 5.41) is 3.24. The molecule has 0 aromatic heterocycles. The molecule has 0 spiro atoms. The number of hydrogen-bond donors (Lipinski definition) is 1. The number of Topliss-reactive ketones (excluding diaryl/α,β-unsaturated/α-hetero) is 1. The van der Waals surface area contributed by atoms with Gasteiger partial charge in [0.25, 0.3) is 0 Å². The molecule has 188 valence electrons. The topological polar surface area (TPSA) is 108 Å². The molecule has 35 heavy (non-hydrogen) atoms. The zero-order valence-electron chi connectivity index (χ0n) is 20.6. The molecule has 3 atom stereocenters. The van der Waals surface area contributed by atoms with Gasteiger partial charge in [0.2, 0.25) is 0 Å². The van der Waals surface area contributed by atoms with E-state index in [1.165, 1.54) is 14.0 Å². The molecule has 1 N–H and O–H groups in total. The third kappa shape index (κ3) is 5.78. The number of methoxy groups -OCH3 is 1. The third-order valence-corrected chi connectivity index (χ3v) is 6.97. The number of hydrogen-bond acceptors (Lipinski definition) is 9. The second kappa shape index (κ2) is 11.6. The molecule has 2 aliphatic rings. The first-order chi connectivity index (χ1) is 16.7. The smallest absolute Gasteiger partial charge is 0.336 e. The van der Waals surface area contributed by atoms with Gasteiger partial charge in [0, 0.05) is 35.6 Å². The Balaban J connectivity index is 2.06. The summed E-state index contributed by atoms with van der Waals surface area (Å²) in [6.07, 6.45) is 0.454. The fraction of sp³-hybridized carbons (Fsp3) is 0.462. The number of carbonyl (C=O) groups is 4. The van der Waals surface area contributed by atoms with Gasteiger partial charge in [0.1, 0.15) is 18.3 Å². The van der Waals surface area contributed by atoms with Gasteiger partial charge in [-0.05, 0) is 42.7 Å². The Kier molecular flexibility index (Phi) is 8.77. The number of dihydropyridines is 1. The molecule has 0 bridgehead atoms. The highest BCUT2D eigenvalue weighted by Gasteiger charge is 2.47. The number of thioether (sulfide) groups is 1. The first-order valence-corrected chi connectivity index (χ1v) is 12.7. The van der Waals surface area contributed by atoms with E-state index >= 15 is 0 Å². The van der Waals surface area contributed by atoms with Crippen LogP contribution in [-0.2, 0) is 28.7 Å². The maximum absolute atomic E-state index is 13.7. The molecule has 1 aliphatic carbocycles. The molecule has 1 aromatic carbocycles. The van der Waals surface area contributed by atoms with Crippen LogP contribution >= 0.6 is 11.8 Å². The lowest BCUT2D eigenvalue weighted by atomic mass is 9.69. The SMILES string of the molecule is CCSCCOC(=O)C1=C(C)NC2=C(C(=O)[C@@H](C(=O)OC)[C@H](C)C2)[C@H]1c1ccc(OC(C)=O)cc1. The van der Waals surface area contributed by atoms with E-state index in [4.69, 9.17) is 14.2 Å². The summed E-state index contributed by atoms with van der Waals surface area (Å²) in [6.45, 7) is 7.20. The summed E-state index contributed by atoms with van der Waals surface area (Å²) in [7, 11) is 1.26. The maximum Gasteiger partial charge on any atom is 0.336 e. The number of carbonyl (C=O) groups excluding carboxylic acids is 4. The van der Waals surface area contributed by atoms with Crippen LogP contribution in [0, 0.1) is 11.8 Å². The van der Waals surface area contributed by atoms with Crippen molar-refractivity contribution in [1.82, 2.24) is 5.32 Å². The van der Waals surface area contributed by atoms with E-state index in [2.05, 4.69) is 5.32 Å². The van der Waals surface area contributed by atoms with E-state index < -0.39 is 29.7 Å². The largest absolute Gasteiger partial charge is 0.468 e. The number of nitrogens with one attached hydrogen (secondary N) is 1. The highest BCUT2D eigenvalue weighted by atomic mass is 32.2. The van der Waals surface area contributed by atoms with Gasteiger partial charge in [0.15, 0.2) is 5.78 Å². The van der Waals surface area contributed by atoms with Crippen LogP contribution in [0.2, 0.25) is 0 Å². The lowest BCUT2D eigenvalue weighted by Gasteiger charge is -2.38. The predicted octanol–water partition coefficient (Wildman–Crippen LogP) is 3.52. The molecule has 1 aromatic rings. The van der Waals surface area contributed by atoms with Gasteiger partial charge in [-0.3, -0.25) is 14.4 Å². The van der Waals surface area contributed by atoms with Crippen molar-refractivity contribution in [3.63, 3.8) is 0 Å². The standard InChI is InChI=1S/C26H31NO7S/c1-6-35-12-11-33-26(31)21-15(3)27-19-13-14(2)20(25(30)32-5)24(29)23(19)22(21)17-7-9-18(10-8-17)34-16(4)28/h7-10,14,20,22,27H,6,11-13H2,1-5H3/t14-,20+,22+/m1/s1. The van der Waals surface area contributed by atoms with Crippen molar-refractivity contribution in [2.45, 2.75) is 40.0 Å². The average Bonchev–Trinajstić information content (AvgIpc) is 2.80. The minimum Gasteiger partial charge on any atom is -0.468 e. The maximum atomic E-state index is 13.7. The molecule has 0 fully saturated rings. The van der Waals surface area contributed by atoms with Crippen LogP contribution in [0.1, 0.15) is 45.6 Å². The van der Waals surface area contributed by atoms with Crippen LogP contribution in [0.3, 0.4) is 0 Å². The molecule has 0 saturated carbocycles. The number of rotatable bonds is 8. The highest BCUT2D eigenvalue weighted by molar-refractivity contribution is 7.99. The minimum atomic E-state index is -0.958. The minimum absolute atomic E-state index is 0.244. The van der Waals surface area contributed by atoms with Gasteiger partial charge in [0.05, 0.1) is 12.7 Å². The van der Waals surface area contributed by atoms with Crippen LogP contribution in [0.25, 0.3) is 0 Å². The number of benzene rings is 1. The lowest BCUT2D eigenvalue weighted by molar-refractivity contribution is -0.151. The van der Waals surface area contributed by atoms with E-state index in [0.717, 1.165) is 5.75 Å². The van der Waals surface area contributed by atoms with Gasteiger partial charge in [-0.15, -0.1) is 0 Å². The van der Waals surface area contributed by atoms with Crippen molar-refractivity contribution >= 4 is 35.5 Å². The third-order valence-electron chi connectivity index (χ3n) is 6.10. The Hall–Kier alpha value is -3.07. The fourth-order valence-corrected chi connectivity index (χ4v) is 5.08. The first-order valence-electron chi connectivity index (χ1n) is 11.6. The molecular weight excluding hydrogens is 470 g/mol. The fourth-order valence-electron chi connectivity index (χ4n) is 4.59. The Morgan fingerprint density at radius 2 is 1.86 bits per heavy atom. The van der Waals surface area contributed by atoms with E-state index in [1.54, 1.807) is 43.0 Å². The number of esters is 3. The molecule has 0 amide bonds. The van der Waals surface area contributed by atoms with Crippen LogP contribution in [0.15, 0.2) is 46.8 Å². The lowest BCUT2D eigenvalue weighted by Crippen LogP contribution is -2.43. The van der Waals surface area contributed by atoms with E-state index in [0.29, 0.717) is 46.0 Å². The molecule has 9 heteroatoms. The van der Waals surface area contributed by atoms with Crippen molar-refractivity contribution in [2.24, 2.45) is 11.8 Å². The molecule has 0 radical (unpaired) electrons. The van der Waals surface area contributed by atoms with Crippen LogP contribution < -0.4 is 10.1 Å². The van der Waals surface area contributed by atoms with Gasteiger partial charge >= 0.3 is 17.9 Å². The summed E-state index contributed by atoms with van der Waals surface area (Å²) < 4.78 is 15.6. The van der Waals surface area contributed by atoms with Crippen molar-refractivity contribution in [3.05, 3.63) is 52.4 Å². The van der Waals surface area contributed by atoms with Crippen molar-refractivity contribution in [3.8, 4) is 5.75 Å². The average molecular weight is 502 g/mol. The van der Waals surface area contributed by atoms with Gasteiger partial charge < -0.3 is 19.5 Å². The van der Waals surface area contributed by atoms with Crippen molar-refractivity contribution < 1.29 is 33.4 Å².